The first-order chi connectivity index (χ1) is 20.0. The number of nitrogens with one attached hydrogen (secondary N) is 1. The summed E-state index contributed by atoms with van der Waals surface area (Å²) < 4.78 is 13.9. The van der Waals surface area contributed by atoms with Crippen molar-refractivity contribution < 1.29 is 44.0 Å². The van der Waals surface area contributed by atoms with E-state index < -0.39 is 23.9 Å². The van der Waals surface area contributed by atoms with Gasteiger partial charge < -0.3 is 25.4 Å². The number of H-pyrrole nitrogens is 1. The molecule has 5 N–H and O–H groups in total. The minimum Gasteiger partial charge on any atom is -0.478 e. The Morgan fingerprint density at radius 2 is 1.31 bits per heavy atom. The highest BCUT2D eigenvalue weighted by atomic mass is 19.1. The van der Waals surface area contributed by atoms with Crippen LogP contribution in [-0.2, 0) is 25.7 Å². The van der Waals surface area contributed by atoms with Gasteiger partial charge in [-0.3, -0.25) is 4.90 Å². The van der Waals surface area contributed by atoms with Crippen LogP contribution in [-0.4, -0.2) is 72.3 Å². The van der Waals surface area contributed by atoms with Crippen molar-refractivity contribution in [2.75, 3.05) is 13.1 Å². The van der Waals surface area contributed by atoms with Crippen molar-refractivity contribution in [3.05, 3.63) is 66.3 Å². The first kappa shape index (κ1) is 33.9. The SMILES string of the molecule is Fc1ccccc1-c1ncc(CN2CCC(CC3CCCCC3)CC2)[nH]1.O=C(O)/C=C\C(=O)O.O=C(O)/C=C\C(=O)O. The number of aromatic nitrogens is 2. The molecule has 0 bridgehead atoms. The number of halogens is 1. The zero-order chi connectivity index (χ0) is 30.9. The van der Waals surface area contributed by atoms with Crippen LogP contribution in [0, 0.1) is 17.7 Å². The number of rotatable bonds is 9. The number of aliphatic carboxylic acids is 4. The average Bonchev–Trinajstić information content (AvgIpc) is 3.41. The Bertz CT molecular complexity index is 1160. The van der Waals surface area contributed by atoms with Gasteiger partial charge in [0.1, 0.15) is 11.6 Å². The van der Waals surface area contributed by atoms with Gasteiger partial charge in [-0.2, -0.15) is 0 Å². The van der Waals surface area contributed by atoms with E-state index in [-0.39, 0.29) is 5.82 Å². The molecule has 1 aliphatic heterocycles. The molecule has 0 radical (unpaired) electrons. The summed E-state index contributed by atoms with van der Waals surface area (Å²) in [6.07, 6.45) is 15.5. The molecule has 1 aliphatic carbocycles. The highest BCUT2D eigenvalue weighted by Gasteiger charge is 2.24. The fraction of sp³-hybridized carbons (Fsp3) is 0.433. The molecule has 1 aromatic carbocycles. The van der Waals surface area contributed by atoms with Crippen molar-refractivity contribution in [1.29, 1.82) is 0 Å². The molecule has 2 aromatic rings. The molecule has 228 valence electrons. The van der Waals surface area contributed by atoms with Crippen molar-refractivity contribution in [2.45, 2.75) is 57.9 Å². The van der Waals surface area contributed by atoms with E-state index in [4.69, 9.17) is 20.4 Å². The Morgan fingerprint density at radius 3 is 1.81 bits per heavy atom. The third-order valence-corrected chi connectivity index (χ3v) is 6.99. The maximum atomic E-state index is 13.9. The smallest absolute Gasteiger partial charge is 0.328 e. The largest absolute Gasteiger partial charge is 0.478 e. The van der Waals surface area contributed by atoms with Crippen LogP contribution >= 0.6 is 0 Å². The zero-order valence-corrected chi connectivity index (χ0v) is 23.3. The molecule has 0 unspecified atom stereocenters. The second-order valence-electron chi connectivity index (χ2n) is 10.2. The molecule has 0 amide bonds. The van der Waals surface area contributed by atoms with Crippen LogP contribution in [0.5, 0.6) is 0 Å². The fourth-order valence-corrected chi connectivity index (χ4v) is 5.03. The van der Waals surface area contributed by atoms with Gasteiger partial charge in [0.2, 0.25) is 0 Å². The second kappa shape index (κ2) is 18.2. The number of nitrogens with zero attached hydrogens (tertiary/aromatic N) is 2. The number of carboxylic acids is 4. The molecule has 0 atom stereocenters. The van der Waals surface area contributed by atoms with Crippen molar-refractivity contribution in [1.82, 2.24) is 14.9 Å². The Balaban J connectivity index is 0.000000319. The van der Waals surface area contributed by atoms with Crippen molar-refractivity contribution in [3.63, 3.8) is 0 Å². The first-order valence-corrected chi connectivity index (χ1v) is 13.8. The third-order valence-electron chi connectivity index (χ3n) is 6.99. The summed E-state index contributed by atoms with van der Waals surface area (Å²) in [5, 5.41) is 31.2. The number of carboxylic acid groups (broad SMARTS) is 4. The Hall–Kier alpha value is -4.32. The van der Waals surface area contributed by atoms with Gasteiger partial charge in [-0.25, -0.2) is 28.6 Å². The highest BCUT2D eigenvalue weighted by Crippen LogP contribution is 2.33. The van der Waals surface area contributed by atoms with Gasteiger partial charge in [-0.05, 0) is 56.3 Å². The zero-order valence-electron chi connectivity index (χ0n) is 23.3. The third kappa shape index (κ3) is 13.8. The summed E-state index contributed by atoms with van der Waals surface area (Å²) in [6, 6.07) is 6.81. The van der Waals surface area contributed by atoms with Gasteiger partial charge >= 0.3 is 23.9 Å². The number of hydrogen-bond acceptors (Lipinski definition) is 6. The molecule has 11 nitrogen and oxygen atoms in total. The Labute approximate surface area is 243 Å². The van der Waals surface area contributed by atoms with Crippen molar-refractivity contribution >= 4 is 23.9 Å². The lowest BCUT2D eigenvalue weighted by atomic mass is 9.80. The minimum absolute atomic E-state index is 0.225. The van der Waals surface area contributed by atoms with Gasteiger partial charge in [0.05, 0.1) is 5.56 Å². The highest BCUT2D eigenvalue weighted by molar-refractivity contribution is 5.90. The van der Waals surface area contributed by atoms with E-state index in [1.165, 1.54) is 70.5 Å². The molecular formula is C30H38FN3O8. The molecule has 1 saturated heterocycles. The van der Waals surface area contributed by atoms with Crippen molar-refractivity contribution in [3.8, 4) is 11.4 Å². The molecule has 2 fully saturated rings. The van der Waals surface area contributed by atoms with Crippen LogP contribution in [0.25, 0.3) is 11.4 Å². The number of imidazole rings is 1. The average molecular weight is 588 g/mol. The Morgan fingerprint density at radius 1 is 0.810 bits per heavy atom. The molecule has 1 aromatic heterocycles. The standard InChI is InChI=1S/C22H30FN3.2C4H4O4/c23-21-9-5-4-8-20(21)22-24-15-19(25-22)16-26-12-10-18(11-13-26)14-17-6-2-1-3-7-17;2*5-3(6)1-2-4(7)8/h4-5,8-9,15,17-18H,1-3,6-7,10-14,16H2,(H,24,25);2*1-2H,(H,5,6)(H,7,8)/b;2*2-1-. The lowest BCUT2D eigenvalue weighted by Gasteiger charge is -2.34. The van der Waals surface area contributed by atoms with Gasteiger partial charge in [0, 0.05) is 42.7 Å². The van der Waals surface area contributed by atoms with Crippen molar-refractivity contribution in [2.24, 2.45) is 11.8 Å². The van der Waals surface area contributed by atoms with Gasteiger partial charge in [-0.15, -0.1) is 0 Å². The number of carbonyl (C=O) groups is 4. The van der Waals surface area contributed by atoms with Crippen LogP contribution < -0.4 is 0 Å². The lowest BCUT2D eigenvalue weighted by Crippen LogP contribution is -2.34. The van der Waals surface area contributed by atoms with E-state index in [0.29, 0.717) is 35.7 Å². The van der Waals surface area contributed by atoms with Gasteiger partial charge in [0.25, 0.3) is 0 Å². The van der Waals surface area contributed by atoms with Crippen LogP contribution in [0.3, 0.4) is 0 Å². The second-order valence-corrected chi connectivity index (χ2v) is 10.2. The topological polar surface area (TPSA) is 181 Å². The van der Waals surface area contributed by atoms with E-state index in [2.05, 4.69) is 14.9 Å². The number of piperidine rings is 1. The predicted molar refractivity (Wildman–Crippen MR) is 152 cm³/mol. The maximum absolute atomic E-state index is 13.9. The predicted octanol–water partition coefficient (Wildman–Crippen LogP) is 4.82. The summed E-state index contributed by atoms with van der Waals surface area (Å²) in [5.74, 6) is -2.71. The van der Waals surface area contributed by atoms with Crippen LogP contribution in [0.15, 0.2) is 54.8 Å². The lowest BCUT2D eigenvalue weighted by molar-refractivity contribution is -0.134. The fourth-order valence-electron chi connectivity index (χ4n) is 5.03. The quantitative estimate of drug-likeness (QED) is 0.255. The van der Waals surface area contributed by atoms with E-state index in [0.717, 1.165) is 24.1 Å². The Kier molecular flexibility index (Phi) is 14.7. The maximum Gasteiger partial charge on any atom is 0.328 e. The van der Waals surface area contributed by atoms with Gasteiger partial charge in [0.15, 0.2) is 0 Å². The molecule has 1 saturated carbocycles. The van der Waals surface area contributed by atoms with E-state index in [1.54, 1.807) is 12.1 Å². The molecule has 2 heterocycles. The normalized spacial score (nSPS) is 16.3. The summed E-state index contributed by atoms with van der Waals surface area (Å²) in [6.45, 7) is 3.23. The van der Waals surface area contributed by atoms with Crippen LogP contribution in [0.2, 0.25) is 0 Å². The first-order valence-electron chi connectivity index (χ1n) is 13.8. The summed E-state index contributed by atoms with van der Waals surface area (Å²) in [7, 11) is 0. The summed E-state index contributed by atoms with van der Waals surface area (Å²) in [5.41, 5.74) is 1.62. The summed E-state index contributed by atoms with van der Waals surface area (Å²) >= 11 is 0. The van der Waals surface area contributed by atoms with Crippen LogP contribution in [0.1, 0.15) is 57.1 Å². The van der Waals surface area contributed by atoms with E-state index in [9.17, 15) is 23.6 Å². The van der Waals surface area contributed by atoms with E-state index >= 15 is 0 Å². The number of hydrogen-bond donors (Lipinski definition) is 5. The summed E-state index contributed by atoms with van der Waals surface area (Å²) in [4.78, 5) is 48.4. The molecule has 0 spiro atoms. The monoisotopic (exact) mass is 587 g/mol. The minimum atomic E-state index is -1.26. The molecule has 12 heteroatoms. The molecular weight excluding hydrogens is 549 g/mol. The number of benzene rings is 1. The van der Waals surface area contributed by atoms with Gasteiger partial charge in [-0.1, -0.05) is 44.2 Å². The number of likely N-dealkylation sites (tertiary alicyclic amines) is 1. The molecule has 2 aliphatic rings. The number of aromatic amines is 1. The van der Waals surface area contributed by atoms with Crippen LogP contribution in [0.4, 0.5) is 4.39 Å². The van der Waals surface area contributed by atoms with E-state index in [1.807, 2.05) is 12.3 Å². The molecule has 42 heavy (non-hydrogen) atoms. The molecule has 4 rings (SSSR count).